The van der Waals surface area contributed by atoms with Gasteiger partial charge in [-0.05, 0) is 55.0 Å². The van der Waals surface area contributed by atoms with Crippen molar-refractivity contribution >= 4 is 28.2 Å². The van der Waals surface area contributed by atoms with Crippen molar-refractivity contribution in [1.29, 1.82) is 0 Å². The molecule has 3 atom stereocenters. The molecule has 2 heterocycles. The Labute approximate surface area is 205 Å². The van der Waals surface area contributed by atoms with Crippen LogP contribution in [0.5, 0.6) is 0 Å². The summed E-state index contributed by atoms with van der Waals surface area (Å²) in [5.74, 6) is -0.431. The normalized spacial score (nSPS) is 21.1. The predicted octanol–water partition coefficient (Wildman–Crippen LogP) is 3.46. The summed E-state index contributed by atoms with van der Waals surface area (Å²) in [5, 5.41) is 10.2. The molecule has 12 heteroatoms. The number of nitrogens with one attached hydrogen (secondary N) is 1. The number of halogens is 3. The third kappa shape index (κ3) is 5.23. The average Bonchev–Trinajstić information content (AvgIpc) is 3.17. The van der Waals surface area contributed by atoms with E-state index in [1.165, 1.54) is 12.3 Å². The summed E-state index contributed by atoms with van der Waals surface area (Å²) < 4.78 is 41.2. The van der Waals surface area contributed by atoms with Crippen molar-refractivity contribution in [1.82, 2.24) is 14.9 Å². The van der Waals surface area contributed by atoms with Crippen LogP contribution in [-0.4, -0.2) is 52.4 Å². The van der Waals surface area contributed by atoms with Crippen LogP contribution in [0.2, 0.25) is 0 Å². The summed E-state index contributed by atoms with van der Waals surface area (Å²) in [4.78, 5) is 29.4. The number of carbonyl (C=O) groups is 1. The van der Waals surface area contributed by atoms with Gasteiger partial charge in [-0.3, -0.25) is 14.3 Å². The summed E-state index contributed by atoms with van der Waals surface area (Å²) in [6, 6.07) is 4.88. The predicted molar refractivity (Wildman–Crippen MR) is 129 cm³/mol. The van der Waals surface area contributed by atoms with Crippen molar-refractivity contribution in [2.45, 2.75) is 44.9 Å². The van der Waals surface area contributed by atoms with Gasteiger partial charge in [0.05, 0.1) is 5.52 Å². The number of aromatic nitrogens is 1. The van der Waals surface area contributed by atoms with Crippen molar-refractivity contribution in [3.8, 4) is 0 Å². The molecular weight excluding hydrogens is 477 g/mol. The van der Waals surface area contributed by atoms with E-state index in [2.05, 4.69) is 9.89 Å². The van der Waals surface area contributed by atoms with Gasteiger partial charge in [-0.2, -0.15) is 0 Å². The topological polar surface area (TPSA) is 119 Å². The Balaban J connectivity index is 1.48. The highest BCUT2D eigenvalue weighted by Crippen LogP contribution is 2.43. The van der Waals surface area contributed by atoms with E-state index in [0.29, 0.717) is 54.3 Å². The van der Waals surface area contributed by atoms with E-state index in [4.69, 9.17) is 5.73 Å². The van der Waals surface area contributed by atoms with E-state index in [1.54, 1.807) is 11.5 Å². The van der Waals surface area contributed by atoms with Crippen LogP contribution in [0.15, 0.2) is 35.5 Å². The van der Waals surface area contributed by atoms with Crippen LogP contribution < -0.4 is 11.2 Å². The second-order valence-corrected chi connectivity index (χ2v) is 9.63. The maximum atomic E-state index is 13.6. The second-order valence-electron chi connectivity index (χ2n) is 9.63. The Hall–Kier alpha value is -3.41. The zero-order chi connectivity index (χ0) is 26.2. The van der Waals surface area contributed by atoms with Crippen LogP contribution in [-0.2, 0) is 17.5 Å². The molecule has 1 aromatic carbocycles. The highest BCUT2D eigenvalue weighted by Gasteiger charge is 2.39. The van der Waals surface area contributed by atoms with Gasteiger partial charge in [0.2, 0.25) is 0 Å². The molecule has 3 N–H and O–H groups in total. The van der Waals surface area contributed by atoms with Gasteiger partial charge in [-0.15, -0.1) is 13.2 Å². The number of nitrogens with two attached hydrogens (primary N) is 1. The molecule has 0 unspecified atom stereocenters. The van der Waals surface area contributed by atoms with Gasteiger partial charge >= 0.3 is 6.30 Å². The lowest BCUT2D eigenvalue weighted by atomic mass is 9.78. The number of aliphatic imine (C=N–C) groups is 1. The molecule has 9 nitrogen and oxygen atoms in total. The van der Waals surface area contributed by atoms with E-state index in [9.17, 15) is 28.1 Å². The van der Waals surface area contributed by atoms with Crippen LogP contribution in [0.3, 0.4) is 0 Å². The number of rotatable bonds is 8. The zero-order valence-corrected chi connectivity index (χ0v) is 20.1. The van der Waals surface area contributed by atoms with E-state index >= 15 is 0 Å². The molecule has 194 valence electrons. The Bertz CT molecular complexity index is 1240. The zero-order valence-electron chi connectivity index (χ0n) is 20.1. The van der Waals surface area contributed by atoms with Gasteiger partial charge in [0, 0.05) is 43.1 Å². The van der Waals surface area contributed by atoms with Crippen LogP contribution in [0, 0.1) is 22.0 Å². The quantitative estimate of drug-likeness (QED) is 0.186. The van der Waals surface area contributed by atoms with Crippen LogP contribution >= 0.6 is 0 Å². The molecule has 0 amide bonds. The summed E-state index contributed by atoms with van der Waals surface area (Å²) in [6.07, 6.45) is 0.809. The van der Waals surface area contributed by atoms with Gasteiger partial charge in [0.25, 0.3) is 5.96 Å². The van der Waals surface area contributed by atoms with Crippen molar-refractivity contribution in [3.63, 3.8) is 0 Å². The largest absolute Gasteiger partial charge is 0.488 e. The van der Waals surface area contributed by atoms with Gasteiger partial charge in [-0.25, -0.2) is 15.1 Å². The molecule has 2 aliphatic rings. The molecule has 0 fully saturated rings. The monoisotopic (exact) mass is 506 g/mol. The number of fused-ring (bicyclic) bond motifs is 2. The van der Waals surface area contributed by atoms with Crippen molar-refractivity contribution in [3.05, 3.63) is 51.7 Å². The molecule has 1 aliphatic heterocycles. The highest BCUT2D eigenvalue weighted by atomic mass is 19.4. The lowest BCUT2D eigenvalue weighted by molar-refractivity contribution is -0.525. The maximum Gasteiger partial charge on any atom is 0.488 e. The molecule has 2 aromatic rings. The molecule has 0 saturated carbocycles. The number of benzene rings is 1. The fourth-order valence-electron chi connectivity index (χ4n) is 5.33. The number of hydrogen-bond acceptors (Lipinski definition) is 5. The number of alkyl halides is 3. The van der Waals surface area contributed by atoms with E-state index < -0.39 is 11.3 Å². The number of nitro groups is 1. The fourth-order valence-corrected chi connectivity index (χ4v) is 5.33. The number of Topliss-reactive ketones (excluding diaryl/α,β-unsaturated/α-hetero) is 1. The number of nitrogens with zero attached hydrogens (tertiary/aromatic N) is 4. The Morgan fingerprint density at radius 3 is 2.83 bits per heavy atom. The molecule has 1 aliphatic carbocycles. The Morgan fingerprint density at radius 1 is 1.39 bits per heavy atom. The fraction of sp³-hybridized carbons (Fsp3) is 0.500. The first kappa shape index (κ1) is 25.7. The SMILES string of the molecule is C[C@H](CCCN=C(N)N[N+](=O)[O-])CC(=O)[C@@H]1C=C2c3cccc4c3c(cn4C(F)(F)F)C[C@H]2N(C)C1. The maximum absolute atomic E-state index is 13.6. The first-order valence-corrected chi connectivity index (χ1v) is 11.8. The molecule has 1 aromatic heterocycles. The number of carbonyl (C=O) groups excluding carboxylic acids is 1. The minimum absolute atomic E-state index is 0.0789. The molecule has 0 radical (unpaired) electrons. The summed E-state index contributed by atoms with van der Waals surface area (Å²) in [6.45, 7) is 2.79. The van der Waals surface area contributed by atoms with Crippen LogP contribution in [0.1, 0.15) is 37.3 Å². The minimum atomic E-state index is -4.50. The molecular formula is C24H29F3N6O3. The molecule has 4 rings (SSSR count). The summed E-state index contributed by atoms with van der Waals surface area (Å²) >= 11 is 0. The van der Waals surface area contributed by atoms with Gasteiger partial charge in [0.15, 0.2) is 5.03 Å². The number of likely N-dealkylation sites (N-methyl/N-ethyl adjacent to an activating group) is 1. The second kappa shape index (κ2) is 9.92. The van der Waals surface area contributed by atoms with Crippen molar-refractivity contribution < 1.29 is 23.0 Å². The number of hydrazine groups is 1. The first-order valence-electron chi connectivity index (χ1n) is 11.8. The molecule has 0 spiro atoms. The molecule has 0 saturated heterocycles. The first-order chi connectivity index (χ1) is 17.0. The number of ketones is 1. The summed E-state index contributed by atoms with van der Waals surface area (Å²) in [7, 11) is 1.91. The van der Waals surface area contributed by atoms with Crippen LogP contribution in [0.25, 0.3) is 16.5 Å². The van der Waals surface area contributed by atoms with Crippen molar-refractivity contribution in [2.24, 2.45) is 22.6 Å². The minimum Gasteiger partial charge on any atom is -0.365 e. The van der Waals surface area contributed by atoms with Crippen molar-refractivity contribution in [2.75, 3.05) is 20.1 Å². The molecule has 36 heavy (non-hydrogen) atoms. The van der Waals surface area contributed by atoms with Gasteiger partial charge in [0.1, 0.15) is 5.78 Å². The third-order valence-corrected chi connectivity index (χ3v) is 6.97. The Kier molecular flexibility index (Phi) is 7.07. The van der Waals surface area contributed by atoms with Gasteiger partial charge < -0.3 is 5.73 Å². The van der Waals surface area contributed by atoms with E-state index in [-0.39, 0.29) is 35.1 Å². The average molecular weight is 507 g/mol. The lowest BCUT2D eigenvalue weighted by Gasteiger charge is -2.39. The smallest absolute Gasteiger partial charge is 0.365 e. The molecule has 0 bridgehead atoms. The highest BCUT2D eigenvalue weighted by molar-refractivity contribution is 6.00. The third-order valence-electron chi connectivity index (χ3n) is 6.97. The Morgan fingerprint density at radius 2 is 2.14 bits per heavy atom. The van der Waals surface area contributed by atoms with E-state index in [0.717, 1.165) is 11.1 Å². The summed E-state index contributed by atoms with van der Waals surface area (Å²) in [5.41, 5.74) is 9.65. The van der Waals surface area contributed by atoms with Gasteiger partial charge in [-0.1, -0.05) is 30.6 Å². The van der Waals surface area contributed by atoms with E-state index in [1.807, 2.05) is 26.1 Å². The standard InChI is InChI=1S/C24H29F3N6O3/c1-14(5-4-8-29-23(28)30-33(35)36)9-21(34)15-10-18-17-6-3-7-19-22(17)16(11-20(18)31(2)12-15)13-32(19)24(25,26)27/h3,6-7,10,13-15,20H,4-5,8-9,11-12H2,1-2H3,(H3,28,29,30)/t14-,15-,20-/m1/s1. The number of guanidine groups is 1. The lowest BCUT2D eigenvalue weighted by Crippen LogP contribution is -2.44. The number of hydrogen-bond donors (Lipinski definition) is 2. The van der Waals surface area contributed by atoms with Crippen LogP contribution in [0.4, 0.5) is 13.2 Å².